The fourth-order valence-electron chi connectivity index (χ4n) is 2.85. The van der Waals surface area contributed by atoms with E-state index in [1.807, 2.05) is 24.3 Å². The van der Waals surface area contributed by atoms with Crippen molar-refractivity contribution in [2.45, 2.75) is 44.8 Å². The summed E-state index contributed by atoms with van der Waals surface area (Å²) < 4.78 is 6.00. The Bertz CT molecular complexity index is 444. The van der Waals surface area contributed by atoms with Crippen molar-refractivity contribution in [3.63, 3.8) is 0 Å². The Morgan fingerprint density at radius 2 is 2.10 bits per heavy atom. The van der Waals surface area contributed by atoms with Crippen molar-refractivity contribution in [3.8, 4) is 5.75 Å². The van der Waals surface area contributed by atoms with Gasteiger partial charge in [0.15, 0.2) is 0 Å². The molecule has 4 nitrogen and oxygen atoms in total. The Morgan fingerprint density at radius 1 is 1.40 bits per heavy atom. The third-order valence-electron chi connectivity index (χ3n) is 3.97. The predicted octanol–water partition coefficient (Wildman–Crippen LogP) is 2.57. The van der Waals surface area contributed by atoms with Crippen LogP contribution < -0.4 is 4.74 Å². The summed E-state index contributed by atoms with van der Waals surface area (Å²) in [5, 5.41) is 8.74. The molecule has 1 saturated heterocycles. The van der Waals surface area contributed by atoms with E-state index in [1.54, 1.807) is 0 Å². The number of nitrogens with zero attached hydrogens (tertiary/aromatic N) is 1. The van der Waals surface area contributed by atoms with Gasteiger partial charge in [0, 0.05) is 6.04 Å². The molecule has 20 heavy (non-hydrogen) atoms. The van der Waals surface area contributed by atoms with Gasteiger partial charge >= 0.3 is 5.97 Å². The number of likely N-dealkylation sites (tertiary alicyclic amines) is 1. The molecule has 0 amide bonds. The summed E-state index contributed by atoms with van der Waals surface area (Å²) >= 11 is 0. The molecule has 0 saturated carbocycles. The van der Waals surface area contributed by atoms with Crippen LogP contribution in [0.25, 0.3) is 0 Å². The molecule has 1 fully saturated rings. The number of hydrogen-bond donors (Lipinski definition) is 1. The molecule has 1 N–H and O–H groups in total. The first-order valence-electron chi connectivity index (χ1n) is 7.24. The second kappa shape index (κ2) is 6.75. The topological polar surface area (TPSA) is 49.8 Å². The van der Waals surface area contributed by atoms with Crippen LogP contribution in [0, 0.1) is 0 Å². The zero-order chi connectivity index (χ0) is 14.5. The summed E-state index contributed by atoms with van der Waals surface area (Å²) in [6, 6.07) is 7.82. The molecule has 1 aliphatic heterocycles. The summed E-state index contributed by atoms with van der Waals surface area (Å²) in [5.41, 5.74) is 0.798. The molecule has 1 aromatic rings. The van der Waals surface area contributed by atoms with Gasteiger partial charge in [0.1, 0.15) is 11.9 Å². The molecule has 1 aliphatic rings. The van der Waals surface area contributed by atoms with E-state index in [0.29, 0.717) is 6.04 Å². The zero-order valence-electron chi connectivity index (χ0n) is 12.2. The molecule has 1 heterocycles. The Labute approximate surface area is 120 Å². The van der Waals surface area contributed by atoms with Crippen LogP contribution in [-0.2, 0) is 11.2 Å². The van der Waals surface area contributed by atoms with Crippen molar-refractivity contribution >= 4 is 5.97 Å². The first kappa shape index (κ1) is 14.9. The van der Waals surface area contributed by atoms with E-state index in [0.717, 1.165) is 17.9 Å². The van der Waals surface area contributed by atoms with Crippen molar-refractivity contribution in [1.82, 2.24) is 4.90 Å². The van der Waals surface area contributed by atoms with E-state index in [-0.39, 0.29) is 12.5 Å². The molecule has 0 radical (unpaired) electrons. The van der Waals surface area contributed by atoms with E-state index in [9.17, 15) is 4.79 Å². The summed E-state index contributed by atoms with van der Waals surface area (Å²) in [6.45, 7) is 3.24. The number of piperidine rings is 1. The van der Waals surface area contributed by atoms with Gasteiger partial charge in [0.25, 0.3) is 0 Å². The number of likely N-dealkylation sites (N-methyl/N-ethyl adjacent to an activating group) is 1. The van der Waals surface area contributed by atoms with Gasteiger partial charge in [0.05, 0.1) is 6.42 Å². The quantitative estimate of drug-likeness (QED) is 0.898. The highest BCUT2D eigenvalue weighted by molar-refractivity contribution is 5.70. The minimum absolute atomic E-state index is 0.0567. The third kappa shape index (κ3) is 3.97. The average Bonchev–Trinajstić information content (AvgIpc) is 2.41. The fraction of sp³-hybridized carbons (Fsp3) is 0.562. The first-order valence-corrected chi connectivity index (χ1v) is 7.24. The number of ether oxygens (including phenoxy) is 1. The molecule has 0 bridgehead atoms. The smallest absolute Gasteiger partial charge is 0.307 e. The van der Waals surface area contributed by atoms with Gasteiger partial charge in [0.2, 0.25) is 0 Å². The molecule has 0 aliphatic carbocycles. The highest BCUT2D eigenvalue weighted by Crippen LogP contribution is 2.22. The van der Waals surface area contributed by atoms with Crippen LogP contribution in [0.5, 0.6) is 5.75 Å². The van der Waals surface area contributed by atoms with Crippen molar-refractivity contribution < 1.29 is 14.6 Å². The molecule has 0 aromatic heterocycles. The van der Waals surface area contributed by atoms with Crippen molar-refractivity contribution in [2.24, 2.45) is 0 Å². The fourth-order valence-corrected chi connectivity index (χ4v) is 2.85. The summed E-state index contributed by atoms with van der Waals surface area (Å²) in [4.78, 5) is 13.0. The highest BCUT2D eigenvalue weighted by atomic mass is 16.5. The van der Waals surface area contributed by atoms with Crippen LogP contribution in [-0.4, -0.2) is 41.7 Å². The number of carboxylic acids is 1. The number of aliphatic carboxylic acids is 1. The van der Waals surface area contributed by atoms with Gasteiger partial charge in [-0.1, -0.05) is 18.6 Å². The molecule has 4 heteroatoms. The third-order valence-corrected chi connectivity index (χ3v) is 3.97. The largest absolute Gasteiger partial charge is 0.489 e. The molecule has 1 aromatic carbocycles. The Kier molecular flexibility index (Phi) is 5.01. The molecular weight excluding hydrogens is 254 g/mol. The summed E-state index contributed by atoms with van der Waals surface area (Å²) in [7, 11) is 2.15. The van der Waals surface area contributed by atoms with Crippen LogP contribution >= 0.6 is 0 Å². The Balaban J connectivity index is 1.93. The van der Waals surface area contributed by atoms with E-state index in [1.165, 1.54) is 19.3 Å². The van der Waals surface area contributed by atoms with Crippen LogP contribution in [0.15, 0.2) is 24.3 Å². The predicted molar refractivity (Wildman–Crippen MR) is 78.1 cm³/mol. The first-order chi connectivity index (χ1) is 9.56. The number of carbonyl (C=O) groups is 1. The highest BCUT2D eigenvalue weighted by Gasteiger charge is 2.25. The summed E-state index contributed by atoms with van der Waals surface area (Å²) in [5.74, 6) is 0.00137. The SMILES string of the molecule is CC(Oc1ccc(CC(=O)O)cc1)C1CCCCN1C. The summed E-state index contributed by atoms with van der Waals surface area (Å²) in [6.07, 6.45) is 3.91. The average molecular weight is 277 g/mol. The van der Waals surface area contributed by atoms with Crippen LogP contribution in [0.3, 0.4) is 0 Å². The minimum atomic E-state index is -0.809. The van der Waals surface area contributed by atoms with Crippen LogP contribution in [0.1, 0.15) is 31.7 Å². The van der Waals surface area contributed by atoms with Crippen molar-refractivity contribution in [1.29, 1.82) is 0 Å². The van der Waals surface area contributed by atoms with Crippen molar-refractivity contribution in [2.75, 3.05) is 13.6 Å². The molecule has 2 atom stereocenters. The molecule has 2 rings (SSSR count). The second-order valence-corrected chi connectivity index (χ2v) is 5.58. The minimum Gasteiger partial charge on any atom is -0.489 e. The van der Waals surface area contributed by atoms with Gasteiger partial charge in [-0.3, -0.25) is 9.69 Å². The number of carboxylic acid groups (broad SMARTS) is 1. The molecule has 110 valence electrons. The monoisotopic (exact) mass is 277 g/mol. The lowest BCUT2D eigenvalue weighted by atomic mass is 9.99. The van der Waals surface area contributed by atoms with Gasteiger partial charge in [-0.2, -0.15) is 0 Å². The standard InChI is InChI=1S/C16H23NO3/c1-12(15-5-3-4-10-17(15)2)20-14-8-6-13(7-9-14)11-16(18)19/h6-9,12,15H,3-5,10-11H2,1-2H3,(H,18,19). The zero-order valence-corrected chi connectivity index (χ0v) is 12.2. The van der Waals surface area contributed by atoms with Gasteiger partial charge < -0.3 is 9.84 Å². The molecule has 2 unspecified atom stereocenters. The maximum absolute atomic E-state index is 10.6. The lowest BCUT2D eigenvalue weighted by Crippen LogP contribution is -2.45. The van der Waals surface area contributed by atoms with Crippen LogP contribution in [0.2, 0.25) is 0 Å². The Morgan fingerprint density at radius 3 is 2.70 bits per heavy atom. The maximum Gasteiger partial charge on any atom is 0.307 e. The number of rotatable bonds is 5. The van der Waals surface area contributed by atoms with Gasteiger partial charge in [-0.25, -0.2) is 0 Å². The van der Waals surface area contributed by atoms with Gasteiger partial charge in [-0.15, -0.1) is 0 Å². The van der Waals surface area contributed by atoms with E-state index in [2.05, 4.69) is 18.9 Å². The lowest BCUT2D eigenvalue weighted by molar-refractivity contribution is -0.136. The van der Waals surface area contributed by atoms with E-state index < -0.39 is 5.97 Å². The van der Waals surface area contributed by atoms with E-state index >= 15 is 0 Å². The maximum atomic E-state index is 10.6. The van der Waals surface area contributed by atoms with Gasteiger partial charge in [-0.05, 0) is 51.1 Å². The normalized spacial score (nSPS) is 21.4. The second-order valence-electron chi connectivity index (χ2n) is 5.58. The van der Waals surface area contributed by atoms with E-state index in [4.69, 9.17) is 9.84 Å². The lowest BCUT2D eigenvalue weighted by Gasteiger charge is -2.36. The Hall–Kier alpha value is -1.55. The van der Waals surface area contributed by atoms with Crippen LogP contribution in [0.4, 0.5) is 0 Å². The molecular formula is C16H23NO3. The molecule has 0 spiro atoms. The van der Waals surface area contributed by atoms with Crippen molar-refractivity contribution in [3.05, 3.63) is 29.8 Å². The number of hydrogen-bond acceptors (Lipinski definition) is 3. The number of benzene rings is 1.